The summed E-state index contributed by atoms with van der Waals surface area (Å²) in [5.41, 5.74) is 1.02. The molecule has 2 aromatic heterocycles. The van der Waals surface area contributed by atoms with Crippen molar-refractivity contribution in [3.8, 4) is 0 Å². The molecule has 17 heavy (non-hydrogen) atoms. The van der Waals surface area contributed by atoms with Gasteiger partial charge < -0.3 is 0 Å². The first kappa shape index (κ1) is 12.3. The van der Waals surface area contributed by atoms with Crippen LogP contribution in [0.3, 0.4) is 0 Å². The number of nitrogens with zero attached hydrogens (tertiary/aromatic N) is 3. The Morgan fingerprint density at radius 2 is 2.24 bits per heavy atom. The van der Waals surface area contributed by atoms with E-state index in [1.165, 1.54) is 12.5 Å². The van der Waals surface area contributed by atoms with Gasteiger partial charge in [0.15, 0.2) is 9.84 Å². The lowest BCUT2D eigenvalue weighted by molar-refractivity contribution is 0.598. The van der Waals surface area contributed by atoms with Gasteiger partial charge in [0.25, 0.3) is 0 Å². The summed E-state index contributed by atoms with van der Waals surface area (Å²) < 4.78 is 24.1. The number of hydrogen-bond acceptors (Lipinski definition) is 5. The van der Waals surface area contributed by atoms with E-state index in [0.717, 1.165) is 17.1 Å². The summed E-state index contributed by atoms with van der Waals surface area (Å²) in [6.07, 6.45) is 4.86. The van der Waals surface area contributed by atoms with Gasteiger partial charge >= 0.3 is 0 Å². The molecule has 0 aliphatic heterocycles. The quantitative estimate of drug-likeness (QED) is 0.840. The third kappa shape index (κ3) is 3.13. The van der Waals surface area contributed by atoms with Crippen molar-refractivity contribution in [1.82, 2.24) is 14.8 Å². The van der Waals surface area contributed by atoms with E-state index in [1.807, 2.05) is 12.3 Å². The van der Waals surface area contributed by atoms with E-state index < -0.39 is 9.84 Å². The standard InChI is InChI=1S/C10H13N3O2S2/c1-8-12-9(7-16-8)3-4-13-6-10(5-11-13)17(2,14)15/h5-7H,3-4H2,1-2H3. The molecule has 2 rings (SSSR count). The highest BCUT2D eigenvalue weighted by atomic mass is 32.2. The van der Waals surface area contributed by atoms with Crippen molar-refractivity contribution in [2.75, 3.05) is 6.26 Å². The zero-order valence-corrected chi connectivity index (χ0v) is 11.3. The number of sulfone groups is 1. The van der Waals surface area contributed by atoms with Crippen molar-refractivity contribution in [3.05, 3.63) is 28.5 Å². The van der Waals surface area contributed by atoms with Crippen LogP contribution in [0, 0.1) is 6.92 Å². The maximum atomic E-state index is 11.3. The predicted molar refractivity (Wildman–Crippen MR) is 65.9 cm³/mol. The van der Waals surface area contributed by atoms with Crippen LogP contribution in [0.1, 0.15) is 10.7 Å². The molecular weight excluding hydrogens is 258 g/mol. The lowest BCUT2D eigenvalue weighted by Crippen LogP contribution is -2.02. The average Bonchev–Trinajstić information content (AvgIpc) is 2.82. The largest absolute Gasteiger partial charge is 0.271 e. The summed E-state index contributed by atoms with van der Waals surface area (Å²) in [6, 6.07) is 0. The Morgan fingerprint density at radius 3 is 2.76 bits per heavy atom. The normalized spacial score (nSPS) is 11.9. The number of hydrogen-bond donors (Lipinski definition) is 0. The van der Waals surface area contributed by atoms with Crippen molar-refractivity contribution in [3.63, 3.8) is 0 Å². The maximum absolute atomic E-state index is 11.3. The molecule has 5 nitrogen and oxygen atoms in total. The van der Waals surface area contributed by atoms with Crippen LogP contribution in [-0.2, 0) is 22.8 Å². The summed E-state index contributed by atoms with van der Waals surface area (Å²) in [4.78, 5) is 4.60. The Balaban J connectivity index is 2.03. The van der Waals surface area contributed by atoms with Gasteiger partial charge in [0.05, 0.1) is 16.9 Å². The summed E-state index contributed by atoms with van der Waals surface area (Å²) >= 11 is 1.61. The van der Waals surface area contributed by atoms with Gasteiger partial charge in [-0.15, -0.1) is 11.3 Å². The summed E-state index contributed by atoms with van der Waals surface area (Å²) in [5.74, 6) is 0. The number of thiazole rings is 1. The lowest BCUT2D eigenvalue weighted by atomic mass is 10.3. The summed E-state index contributed by atoms with van der Waals surface area (Å²) in [5, 5.41) is 7.07. The van der Waals surface area contributed by atoms with E-state index in [9.17, 15) is 8.42 Å². The molecule has 0 aliphatic rings. The Bertz CT molecular complexity index is 613. The Labute approximate surface area is 104 Å². The fourth-order valence-electron chi connectivity index (χ4n) is 1.41. The van der Waals surface area contributed by atoms with Crippen molar-refractivity contribution >= 4 is 21.2 Å². The molecule has 0 saturated heterocycles. The van der Waals surface area contributed by atoms with Crippen LogP contribution < -0.4 is 0 Å². The third-order valence-corrected chi connectivity index (χ3v) is 4.19. The van der Waals surface area contributed by atoms with Gasteiger partial charge in [-0.3, -0.25) is 4.68 Å². The third-order valence-electron chi connectivity index (χ3n) is 2.30. The Kier molecular flexibility index (Phi) is 3.30. The van der Waals surface area contributed by atoms with Crippen LogP contribution in [0.2, 0.25) is 0 Å². The number of aryl methyl sites for hydroxylation is 3. The highest BCUT2D eigenvalue weighted by Crippen LogP contribution is 2.10. The summed E-state index contributed by atoms with van der Waals surface area (Å²) in [7, 11) is -3.16. The van der Waals surface area contributed by atoms with Crippen LogP contribution >= 0.6 is 11.3 Å². The molecule has 7 heteroatoms. The van der Waals surface area contributed by atoms with Gasteiger partial charge in [0.2, 0.25) is 0 Å². The first-order chi connectivity index (χ1) is 7.95. The van der Waals surface area contributed by atoms with Gasteiger partial charge in [0.1, 0.15) is 4.90 Å². The van der Waals surface area contributed by atoms with Gasteiger partial charge in [0, 0.05) is 30.8 Å². The molecule has 0 saturated carbocycles. The molecular formula is C10H13N3O2S2. The second kappa shape index (κ2) is 4.58. The number of rotatable bonds is 4. The smallest absolute Gasteiger partial charge is 0.178 e. The molecule has 2 heterocycles. The second-order valence-electron chi connectivity index (χ2n) is 3.82. The second-order valence-corrected chi connectivity index (χ2v) is 6.90. The highest BCUT2D eigenvalue weighted by molar-refractivity contribution is 7.90. The van der Waals surface area contributed by atoms with Crippen molar-refractivity contribution in [2.24, 2.45) is 0 Å². The molecule has 0 fully saturated rings. The Hall–Kier alpha value is -1.21. The van der Waals surface area contributed by atoms with E-state index in [2.05, 4.69) is 10.1 Å². The maximum Gasteiger partial charge on any atom is 0.178 e. The molecule has 0 amide bonds. The molecule has 0 spiro atoms. The summed E-state index contributed by atoms with van der Waals surface area (Å²) in [6.45, 7) is 2.60. The van der Waals surface area contributed by atoms with E-state index in [-0.39, 0.29) is 4.90 Å². The monoisotopic (exact) mass is 271 g/mol. The molecule has 0 aliphatic carbocycles. The Morgan fingerprint density at radius 1 is 1.47 bits per heavy atom. The fraction of sp³-hybridized carbons (Fsp3) is 0.400. The zero-order valence-electron chi connectivity index (χ0n) is 9.62. The minimum Gasteiger partial charge on any atom is -0.271 e. The fourth-order valence-corrected chi connectivity index (χ4v) is 2.61. The van der Waals surface area contributed by atoms with Gasteiger partial charge in [-0.25, -0.2) is 13.4 Å². The molecule has 92 valence electrons. The van der Waals surface area contributed by atoms with Crippen molar-refractivity contribution < 1.29 is 8.42 Å². The minimum absolute atomic E-state index is 0.256. The van der Waals surface area contributed by atoms with Crippen LogP contribution in [-0.4, -0.2) is 29.4 Å². The van der Waals surface area contributed by atoms with Crippen molar-refractivity contribution in [1.29, 1.82) is 0 Å². The molecule has 0 N–H and O–H groups in total. The number of aromatic nitrogens is 3. The van der Waals surface area contributed by atoms with E-state index >= 15 is 0 Å². The molecule has 2 aromatic rings. The zero-order chi connectivity index (χ0) is 12.5. The topological polar surface area (TPSA) is 64.8 Å². The van der Waals surface area contributed by atoms with Gasteiger partial charge in [-0.1, -0.05) is 0 Å². The SMILES string of the molecule is Cc1nc(CCn2cc(S(C)(=O)=O)cn2)cs1. The van der Waals surface area contributed by atoms with Gasteiger partial charge in [-0.05, 0) is 6.92 Å². The van der Waals surface area contributed by atoms with Crippen LogP contribution in [0.15, 0.2) is 22.7 Å². The van der Waals surface area contributed by atoms with E-state index in [4.69, 9.17) is 0 Å². The molecule has 0 unspecified atom stereocenters. The first-order valence-electron chi connectivity index (χ1n) is 5.08. The molecule has 0 aromatic carbocycles. The highest BCUT2D eigenvalue weighted by Gasteiger charge is 2.09. The van der Waals surface area contributed by atoms with E-state index in [1.54, 1.807) is 22.2 Å². The van der Waals surface area contributed by atoms with Crippen LogP contribution in [0.5, 0.6) is 0 Å². The first-order valence-corrected chi connectivity index (χ1v) is 7.86. The predicted octanol–water partition coefficient (Wildman–Crippen LogP) is 1.29. The molecule has 0 radical (unpaired) electrons. The van der Waals surface area contributed by atoms with Gasteiger partial charge in [-0.2, -0.15) is 5.10 Å². The average molecular weight is 271 g/mol. The van der Waals surface area contributed by atoms with Crippen LogP contribution in [0.25, 0.3) is 0 Å². The minimum atomic E-state index is -3.16. The molecule has 0 atom stereocenters. The lowest BCUT2D eigenvalue weighted by Gasteiger charge is -1.98. The molecule has 0 bridgehead atoms. The van der Waals surface area contributed by atoms with E-state index in [0.29, 0.717) is 6.54 Å². The van der Waals surface area contributed by atoms with Crippen molar-refractivity contribution in [2.45, 2.75) is 24.8 Å². The van der Waals surface area contributed by atoms with Crippen LogP contribution in [0.4, 0.5) is 0 Å².